The second-order valence-corrected chi connectivity index (χ2v) is 11.3. The zero-order valence-corrected chi connectivity index (χ0v) is 26.1. The maximum Gasteiger partial charge on any atom is 1.00 e. The van der Waals surface area contributed by atoms with Gasteiger partial charge in [-0.05, 0) is 53.4 Å². The molecule has 0 spiro atoms. The summed E-state index contributed by atoms with van der Waals surface area (Å²) in [6.45, 7) is 5.23. The first-order valence-corrected chi connectivity index (χ1v) is 13.8. The van der Waals surface area contributed by atoms with Crippen LogP contribution in [0.15, 0.2) is 146 Å². The van der Waals surface area contributed by atoms with Crippen LogP contribution in [0.3, 0.4) is 0 Å². The minimum atomic E-state index is -0.500. The van der Waals surface area contributed by atoms with Crippen molar-refractivity contribution in [2.24, 2.45) is 0 Å². The minimum Gasteiger partial charge on any atom is -0.472 e. The van der Waals surface area contributed by atoms with Crippen LogP contribution in [0.25, 0.3) is 32.7 Å². The molecule has 0 amide bonds. The molecule has 0 heterocycles. The largest absolute Gasteiger partial charge is 1.00 e. The monoisotopic (exact) mass is 536 g/mol. The van der Waals surface area contributed by atoms with Gasteiger partial charge in [-0.25, -0.2) is 10.6 Å². The molecule has 6 rings (SSSR count). The summed E-state index contributed by atoms with van der Waals surface area (Å²) >= 11 is 0. The molecular formula is C36H34NaOP. The summed E-state index contributed by atoms with van der Waals surface area (Å²) in [4.78, 5) is 0. The molecule has 190 valence electrons. The van der Waals surface area contributed by atoms with E-state index in [0.29, 0.717) is 0 Å². The fourth-order valence-corrected chi connectivity index (χ4v) is 5.02. The van der Waals surface area contributed by atoms with Gasteiger partial charge in [0.1, 0.15) is 0 Å². The summed E-state index contributed by atoms with van der Waals surface area (Å²) in [5.41, 5.74) is 2.11. The fourth-order valence-electron chi connectivity index (χ4n) is 4.07. The maximum absolute atomic E-state index is 8.52. The normalized spacial score (nSPS) is 10.5. The van der Waals surface area contributed by atoms with Crippen molar-refractivity contribution in [1.29, 1.82) is 0 Å². The summed E-state index contributed by atoms with van der Waals surface area (Å²) in [6, 6.07) is 51.2. The second-order valence-electron chi connectivity index (χ2n) is 10.0. The van der Waals surface area contributed by atoms with Crippen molar-refractivity contribution in [3.05, 3.63) is 146 Å². The number of hydrogen-bond acceptors (Lipinski definition) is 1. The SMILES string of the molecule is CC(C)(C)O.[Na+].c1ccc([P-]c2ccccc2)cc1.c1ccc2c(-c3cccc4ccccc34)cccc2c1. The molecule has 0 unspecified atom stereocenters. The van der Waals surface area contributed by atoms with Crippen molar-refractivity contribution in [3.63, 3.8) is 0 Å². The molecule has 39 heavy (non-hydrogen) atoms. The van der Waals surface area contributed by atoms with Gasteiger partial charge in [-0.2, -0.15) is 0 Å². The molecule has 0 atom stereocenters. The van der Waals surface area contributed by atoms with E-state index < -0.39 is 5.60 Å². The average Bonchev–Trinajstić information content (AvgIpc) is 2.93. The third-order valence-electron chi connectivity index (χ3n) is 5.64. The number of aliphatic hydroxyl groups is 1. The van der Waals surface area contributed by atoms with Crippen LogP contribution >= 0.6 is 8.58 Å². The first-order valence-electron chi connectivity index (χ1n) is 12.9. The van der Waals surface area contributed by atoms with Crippen LogP contribution in [0.5, 0.6) is 0 Å². The maximum atomic E-state index is 8.52. The van der Waals surface area contributed by atoms with Gasteiger partial charge in [0.25, 0.3) is 0 Å². The molecule has 0 aliphatic heterocycles. The predicted octanol–water partition coefficient (Wildman–Crippen LogP) is 6.02. The van der Waals surface area contributed by atoms with Gasteiger partial charge in [0.15, 0.2) is 0 Å². The molecule has 0 saturated carbocycles. The average molecular weight is 537 g/mol. The smallest absolute Gasteiger partial charge is 0.472 e. The Morgan fingerprint density at radius 2 is 0.744 bits per heavy atom. The first kappa shape index (κ1) is 30.8. The van der Waals surface area contributed by atoms with Crippen LogP contribution in [0.4, 0.5) is 0 Å². The van der Waals surface area contributed by atoms with Crippen molar-refractivity contribution in [3.8, 4) is 11.1 Å². The molecule has 3 heteroatoms. The number of fused-ring (bicyclic) bond motifs is 2. The third-order valence-corrected chi connectivity index (χ3v) is 6.75. The molecule has 1 N–H and O–H groups in total. The summed E-state index contributed by atoms with van der Waals surface area (Å²) in [6.07, 6.45) is 0. The zero-order chi connectivity index (χ0) is 26.8. The van der Waals surface area contributed by atoms with E-state index in [1.807, 2.05) is 12.1 Å². The Morgan fingerprint density at radius 1 is 0.436 bits per heavy atom. The van der Waals surface area contributed by atoms with Gasteiger partial charge in [-0.1, -0.05) is 146 Å². The third kappa shape index (κ3) is 9.73. The van der Waals surface area contributed by atoms with Gasteiger partial charge >= 0.3 is 29.6 Å². The van der Waals surface area contributed by atoms with Crippen molar-refractivity contribution in [2.45, 2.75) is 26.4 Å². The molecule has 1 nitrogen and oxygen atoms in total. The van der Waals surface area contributed by atoms with Crippen LogP contribution in [0.2, 0.25) is 0 Å². The Balaban J connectivity index is 0.000000191. The van der Waals surface area contributed by atoms with Gasteiger partial charge < -0.3 is 13.7 Å². The standard InChI is InChI=1S/C20H14.C12H10P.C4H10O.Na/c1-3-11-17-15(7-1)9-5-13-19(17)20-14-6-10-16-8-2-4-12-18(16)20;1-3-7-11(8-4-1)13-12-9-5-2-6-10-12;1-4(2,3)5;/h1-14H;1-10H;5H,1-3H3;/q;-1;;+1. The molecule has 0 fully saturated rings. The van der Waals surface area contributed by atoms with E-state index in [0.717, 1.165) is 0 Å². The van der Waals surface area contributed by atoms with Crippen molar-refractivity contribution in [2.75, 3.05) is 0 Å². The predicted molar refractivity (Wildman–Crippen MR) is 168 cm³/mol. The Hall–Kier alpha value is -2.77. The second kappa shape index (κ2) is 15.1. The molecule has 0 aliphatic carbocycles. The van der Waals surface area contributed by atoms with Gasteiger partial charge in [0.2, 0.25) is 0 Å². The van der Waals surface area contributed by atoms with Crippen molar-refractivity contribution < 1.29 is 34.7 Å². The van der Waals surface area contributed by atoms with Crippen LogP contribution in [0, 0.1) is 0 Å². The Labute approximate surface area is 257 Å². The van der Waals surface area contributed by atoms with E-state index in [1.54, 1.807) is 20.8 Å². The van der Waals surface area contributed by atoms with Gasteiger partial charge in [-0.3, -0.25) is 0 Å². The van der Waals surface area contributed by atoms with E-state index >= 15 is 0 Å². The van der Waals surface area contributed by atoms with Gasteiger partial charge in [0, 0.05) is 0 Å². The summed E-state index contributed by atoms with van der Waals surface area (Å²) in [5.74, 6) is 0. The van der Waals surface area contributed by atoms with Crippen LogP contribution < -0.4 is 40.2 Å². The molecule has 0 aliphatic rings. The van der Waals surface area contributed by atoms with Gasteiger partial charge in [-0.15, -0.1) is 0 Å². The van der Waals surface area contributed by atoms with Crippen LogP contribution in [0.1, 0.15) is 20.8 Å². The summed E-state index contributed by atoms with van der Waals surface area (Å²) in [7, 11) is 1.28. The van der Waals surface area contributed by atoms with E-state index in [1.165, 1.54) is 51.9 Å². The number of rotatable bonds is 3. The molecule has 0 radical (unpaired) electrons. The van der Waals surface area contributed by atoms with Crippen molar-refractivity contribution in [1.82, 2.24) is 0 Å². The van der Waals surface area contributed by atoms with E-state index in [-0.39, 0.29) is 29.6 Å². The van der Waals surface area contributed by atoms with Crippen LogP contribution in [-0.2, 0) is 0 Å². The number of hydrogen-bond donors (Lipinski definition) is 1. The first-order chi connectivity index (χ1) is 18.4. The Kier molecular flexibility index (Phi) is 11.9. The van der Waals surface area contributed by atoms with Crippen molar-refractivity contribution >= 4 is 40.7 Å². The Morgan fingerprint density at radius 3 is 1.13 bits per heavy atom. The minimum absolute atomic E-state index is 0. The Bertz CT molecular complexity index is 1440. The van der Waals surface area contributed by atoms with E-state index in [9.17, 15) is 0 Å². The molecule has 0 bridgehead atoms. The van der Waals surface area contributed by atoms with Crippen LogP contribution in [-0.4, -0.2) is 10.7 Å². The quantitative estimate of drug-likeness (QED) is 0.217. The molecule has 6 aromatic carbocycles. The molecule has 0 saturated heterocycles. The number of benzene rings is 6. The fraction of sp³-hybridized carbons (Fsp3) is 0.111. The molecule has 0 aromatic heterocycles. The molecule has 6 aromatic rings. The topological polar surface area (TPSA) is 20.2 Å². The summed E-state index contributed by atoms with van der Waals surface area (Å²) in [5, 5.41) is 16.4. The van der Waals surface area contributed by atoms with E-state index in [4.69, 9.17) is 5.11 Å². The molecular weight excluding hydrogens is 502 g/mol. The zero-order valence-electron chi connectivity index (χ0n) is 23.3. The van der Waals surface area contributed by atoms with Gasteiger partial charge in [0.05, 0.1) is 5.60 Å². The summed E-state index contributed by atoms with van der Waals surface area (Å²) < 4.78 is 0. The van der Waals surface area contributed by atoms with E-state index in [2.05, 4.69) is 133 Å².